The van der Waals surface area contributed by atoms with Crippen LogP contribution in [0.1, 0.15) is 20.8 Å². The number of carbonyl (C=O) groups excluding carboxylic acids is 1. The van der Waals surface area contributed by atoms with E-state index in [1.165, 1.54) is 0 Å². The van der Waals surface area contributed by atoms with E-state index in [2.05, 4.69) is 29.0 Å². The summed E-state index contributed by atoms with van der Waals surface area (Å²) < 4.78 is 5.47. The number of aliphatic imine (C=N–C) groups is 1. The highest BCUT2D eigenvalue weighted by molar-refractivity contribution is 5.80. The fraction of sp³-hybridized carbons (Fsp3) is 0.875. The van der Waals surface area contributed by atoms with Crippen molar-refractivity contribution in [2.45, 2.75) is 26.8 Å². The van der Waals surface area contributed by atoms with Gasteiger partial charge in [0.1, 0.15) is 0 Å². The zero-order valence-electron chi connectivity index (χ0n) is 14.8. The van der Waals surface area contributed by atoms with Crippen molar-refractivity contribution in [3.8, 4) is 0 Å². The highest BCUT2D eigenvalue weighted by atomic mass is 16.5. The Hall–Kier alpha value is -1.34. The second-order valence-electron chi connectivity index (χ2n) is 6.19. The molecule has 132 valence electrons. The van der Waals surface area contributed by atoms with Crippen LogP contribution in [0.4, 0.5) is 0 Å². The Morgan fingerprint density at radius 3 is 2.52 bits per heavy atom. The first-order valence-electron chi connectivity index (χ1n) is 8.72. The van der Waals surface area contributed by atoms with Crippen LogP contribution in [-0.4, -0.2) is 98.2 Å². The molecule has 2 aliphatic rings. The minimum atomic E-state index is 0.160. The van der Waals surface area contributed by atoms with E-state index < -0.39 is 0 Å². The molecule has 7 heteroatoms. The zero-order chi connectivity index (χ0) is 16.7. The summed E-state index contributed by atoms with van der Waals surface area (Å²) in [6.07, 6.45) is 0. The zero-order valence-corrected chi connectivity index (χ0v) is 14.8. The van der Waals surface area contributed by atoms with Crippen molar-refractivity contribution in [3.05, 3.63) is 0 Å². The molecule has 0 aliphatic carbocycles. The molecule has 0 aromatic heterocycles. The molecule has 0 aromatic carbocycles. The number of morpholine rings is 1. The highest BCUT2D eigenvalue weighted by Gasteiger charge is 2.21. The van der Waals surface area contributed by atoms with Crippen molar-refractivity contribution in [1.29, 1.82) is 0 Å². The molecular formula is C16H31N5O2. The third kappa shape index (κ3) is 5.35. The Labute approximate surface area is 139 Å². The lowest BCUT2D eigenvalue weighted by Crippen LogP contribution is -2.53. The molecule has 0 radical (unpaired) electrons. The number of ether oxygens (including phenoxy) is 1. The normalized spacial score (nSPS) is 24.0. The van der Waals surface area contributed by atoms with Gasteiger partial charge in [-0.3, -0.25) is 14.7 Å². The number of rotatable bonds is 4. The van der Waals surface area contributed by atoms with Crippen LogP contribution in [-0.2, 0) is 9.53 Å². The molecule has 2 rings (SSSR count). The van der Waals surface area contributed by atoms with Crippen LogP contribution < -0.4 is 5.32 Å². The van der Waals surface area contributed by atoms with Crippen LogP contribution in [0.5, 0.6) is 0 Å². The maximum absolute atomic E-state index is 11.4. The molecule has 23 heavy (non-hydrogen) atoms. The Morgan fingerprint density at radius 2 is 1.91 bits per heavy atom. The van der Waals surface area contributed by atoms with Crippen LogP contribution in [0.15, 0.2) is 4.99 Å². The molecular weight excluding hydrogens is 294 g/mol. The summed E-state index contributed by atoms with van der Waals surface area (Å²) >= 11 is 0. The monoisotopic (exact) mass is 325 g/mol. The average Bonchev–Trinajstić information content (AvgIpc) is 2.56. The Balaban J connectivity index is 1.83. The topological polar surface area (TPSA) is 60.4 Å². The Kier molecular flexibility index (Phi) is 7.11. The maximum atomic E-state index is 11.4. The minimum Gasteiger partial charge on any atom is -0.379 e. The summed E-state index contributed by atoms with van der Waals surface area (Å²) in [7, 11) is 0. The first-order chi connectivity index (χ1) is 11.1. The third-order valence-electron chi connectivity index (χ3n) is 4.51. The van der Waals surface area contributed by atoms with Gasteiger partial charge in [0.05, 0.1) is 19.8 Å². The number of nitrogens with one attached hydrogen (secondary N) is 1. The van der Waals surface area contributed by atoms with Crippen molar-refractivity contribution >= 4 is 11.9 Å². The van der Waals surface area contributed by atoms with Gasteiger partial charge in [-0.05, 0) is 13.8 Å². The first-order valence-corrected chi connectivity index (χ1v) is 8.72. The lowest BCUT2D eigenvalue weighted by atomic mass is 10.2. The number of carbonyl (C=O) groups is 1. The number of piperazine rings is 1. The van der Waals surface area contributed by atoms with E-state index in [0.717, 1.165) is 71.5 Å². The van der Waals surface area contributed by atoms with Crippen LogP contribution in [0.25, 0.3) is 0 Å². The van der Waals surface area contributed by atoms with Crippen LogP contribution in [0.3, 0.4) is 0 Å². The molecule has 7 nitrogen and oxygen atoms in total. The molecule has 2 aliphatic heterocycles. The van der Waals surface area contributed by atoms with E-state index in [1.807, 2.05) is 4.90 Å². The smallest absolute Gasteiger partial charge is 0.219 e. The molecule has 0 bridgehead atoms. The molecule has 2 fully saturated rings. The predicted octanol–water partition coefficient (Wildman–Crippen LogP) is -0.163. The minimum absolute atomic E-state index is 0.160. The number of guanidine groups is 1. The SMILES string of the molecule is CCNC(=NCCN1CCOCC1C)N1CCN(C(C)=O)CC1. The molecule has 0 saturated carbocycles. The summed E-state index contributed by atoms with van der Waals surface area (Å²) in [5.74, 6) is 1.13. The van der Waals surface area contributed by atoms with Gasteiger partial charge in [-0.15, -0.1) is 0 Å². The quantitative estimate of drug-likeness (QED) is 0.575. The molecule has 1 amide bonds. The van der Waals surface area contributed by atoms with E-state index in [0.29, 0.717) is 6.04 Å². The number of nitrogens with zero attached hydrogens (tertiary/aromatic N) is 4. The summed E-state index contributed by atoms with van der Waals surface area (Å²) in [5, 5.41) is 3.37. The van der Waals surface area contributed by atoms with Crippen LogP contribution >= 0.6 is 0 Å². The predicted molar refractivity (Wildman–Crippen MR) is 91.7 cm³/mol. The van der Waals surface area contributed by atoms with Gasteiger partial charge in [-0.1, -0.05) is 0 Å². The molecule has 2 heterocycles. The molecule has 1 N–H and O–H groups in total. The summed E-state index contributed by atoms with van der Waals surface area (Å²) in [6.45, 7) is 14.4. The largest absolute Gasteiger partial charge is 0.379 e. The van der Waals surface area contributed by atoms with Gasteiger partial charge in [0.2, 0.25) is 5.91 Å². The van der Waals surface area contributed by atoms with Gasteiger partial charge in [0.15, 0.2) is 5.96 Å². The molecule has 0 aromatic rings. The molecule has 1 atom stereocenters. The summed E-state index contributed by atoms with van der Waals surface area (Å²) in [6, 6.07) is 0.473. The van der Waals surface area contributed by atoms with E-state index in [-0.39, 0.29) is 5.91 Å². The first kappa shape index (κ1) is 18.0. The Bertz CT molecular complexity index is 407. The van der Waals surface area contributed by atoms with Crippen molar-refractivity contribution in [3.63, 3.8) is 0 Å². The maximum Gasteiger partial charge on any atom is 0.219 e. The summed E-state index contributed by atoms with van der Waals surface area (Å²) in [5.41, 5.74) is 0. The van der Waals surface area contributed by atoms with E-state index >= 15 is 0 Å². The fourth-order valence-electron chi connectivity index (χ4n) is 3.04. The van der Waals surface area contributed by atoms with E-state index in [1.54, 1.807) is 6.92 Å². The van der Waals surface area contributed by atoms with Crippen molar-refractivity contribution < 1.29 is 9.53 Å². The number of amides is 1. The van der Waals surface area contributed by atoms with Crippen LogP contribution in [0, 0.1) is 0 Å². The molecule has 2 saturated heterocycles. The van der Waals surface area contributed by atoms with Crippen molar-refractivity contribution in [2.24, 2.45) is 4.99 Å². The van der Waals surface area contributed by atoms with Crippen LogP contribution in [0.2, 0.25) is 0 Å². The summed E-state index contributed by atoms with van der Waals surface area (Å²) in [4.78, 5) is 22.8. The second kappa shape index (κ2) is 9.08. The molecule has 0 spiro atoms. The van der Waals surface area contributed by atoms with Gasteiger partial charge >= 0.3 is 0 Å². The molecule has 1 unspecified atom stereocenters. The lowest BCUT2D eigenvalue weighted by molar-refractivity contribution is -0.130. The van der Waals surface area contributed by atoms with E-state index in [4.69, 9.17) is 9.73 Å². The third-order valence-corrected chi connectivity index (χ3v) is 4.51. The van der Waals surface area contributed by atoms with Gasteiger partial charge < -0.3 is 19.9 Å². The van der Waals surface area contributed by atoms with Gasteiger partial charge in [-0.25, -0.2) is 0 Å². The number of hydrogen-bond acceptors (Lipinski definition) is 4. The van der Waals surface area contributed by atoms with E-state index in [9.17, 15) is 4.79 Å². The van der Waals surface area contributed by atoms with Crippen molar-refractivity contribution in [2.75, 3.05) is 65.6 Å². The van der Waals surface area contributed by atoms with Crippen molar-refractivity contribution in [1.82, 2.24) is 20.0 Å². The fourth-order valence-corrected chi connectivity index (χ4v) is 3.04. The van der Waals surface area contributed by atoms with Gasteiger partial charge in [-0.2, -0.15) is 0 Å². The van der Waals surface area contributed by atoms with Gasteiger partial charge in [0.25, 0.3) is 0 Å². The Morgan fingerprint density at radius 1 is 1.22 bits per heavy atom. The average molecular weight is 325 g/mol. The highest BCUT2D eigenvalue weighted by Crippen LogP contribution is 2.06. The van der Waals surface area contributed by atoms with Gasteiger partial charge in [0, 0.05) is 58.8 Å². The number of hydrogen-bond donors (Lipinski definition) is 1. The standard InChI is InChI=1S/C16H31N5O2/c1-4-17-16(21-9-7-20(8-10-21)15(3)22)18-5-6-19-11-12-23-13-14(19)2/h14H,4-13H2,1-3H3,(H,17,18). The second-order valence-corrected chi connectivity index (χ2v) is 6.19. The lowest BCUT2D eigenvalue weighted by Gasteiger charge is -2.36.